The first-order chi connectivity index (χ1) is 16.8. The molecule has 3 aliphatic rings. The Morgan fingerprint density at radius 3 is 2.50 bits per heavy atom. The first-order valence-corrected chi connectivity index (χ1v) is 12.3. The van der Waals surface area contributed by atoms with Crippen LogP contribution in [0.5, 0.6) is 0 Å². The van der Waals surface area contributed by atoms with Crippen LogP contribution in [0.4, 0.5) is 0 Å². The van der Waals surface area contributed by atoms with Crippen LogP contribution in [-0.4, -0.2) is 45.5 Å². The summed E-state index contributed by atoms with van der Waals surface area (Å²) < 4.78 is 2.20. The van der Waals surface area contributed by atoms with Crippen molar-refractivity contribution >= 4 is 16.8 Å². The van der Waals surface area contributed by atoms with Gasteiger partial charge in [-0.3, -0.25) is 14.7 Å². The first-order valence-electron chi connectivity index (χ1n) is 12.3. The average molecular weight is 451 g/mol. The number of carbonyl (C=O) groups excluding carboxylic acids is 1. The lowest BCUT2D eigenvalue weighted by atomic mass is 9.76. The number of fused-ring (bicyclic) bond motifs is 4. The molecule has 0 radical (unpaired) electrons. The van der Waals surface area contributed by atoms with E-state index in [-0.39, 0.29) is 11.9 Å². The standard InChI is InChI=1S/C29H30N4O/c34-29(25-20-33(19-21-7-2-1-3-8-21)26-11-5-4-10-24(25)26)31-28-23-12-15-32(16-13-23)27(28)17-22-9-6-14-30-18-22/h1-11,14,18,20,23,27-28H,12-13,15-17,19H2,(H,31,34). The van der Waals surface area contributed by atoms with Crippen LogP contribution in [0.2, 0.25) is 0 Å². The number of benzene rings is 2. The fourth-order valence-electron chi connectivity index (χ4n) is 5.95. The predicted molar refractivity (Wildman–Crippen MR) is 135 cm³/mol. The van der Waals surface area contributed by atoms with Crippen LogP contribution in [0.1, 0.15) is 34.3 Å². The highest BCUT2D eigenvalue weighted by Gasteiger charge is 2.43. The van der Waals surface area contributed by atoms with E-state index in [0.29, 0.717) is 12.0 Å². The fraction of sp³-hybridized carbons (Fsp3) is 0.310. The molecule has 2 unspecified atom stereocenters. The summed E-state index contributed by atoms with van der Waals surface area (Å²) in [6, 6.07) is 23.3. The van der Waals surface area contributed by atoms with E-state index in [4.69, 9.17) is 0 Å². The van der Waals surface area contributed by atoms with Gasteiger partial charge in [-0.15, -0.1) is 0 Å². The molecule has 1 amide bonds. The first kappa shape index (κ1) is 21.1. The molecule has 5 nitrogen and oxygen atoms in total. The quantitative estimate of drug-likeness (QED) is 0.470. The van der Waals surface area contributed by atoms with Gasteiger partial charge in [0.05, 0.1) is 5.56 Å². The van der Waals surface area contributed by atoms with Crippen LogP contribution in [0.3, 0.4) is 0 Å². The summed E-state index contributed by atoms with van der Waals surface area (Å²) in [7, 11) is 0. The van der Waals surface area contributed by atoms with E-state index in [2.05, 4.69) is 62.2 Å². The van der Waals surface area contributed by atoms with E-state index in [1.807, 2.05) is 42.9 Å². The van der Waals surface area contributed by atoms with E-state index >= 15 is 0 Å². The van der Waals surface area contributed by atoms with Gasteiger partial charge in [-0.05, 0) is 61.5 Å². The number of nitrogens with one attached hydrogen (secondary N) is 1. The number of carbonyl (C=O) groups is 1. The largest absolute Gasteiger partial charge is 0.347 e. The number of hydrogen-bond acceptors (Lipinski definition) is 3. The molecule has 0 saturated carbocycles. The molecule has 34 heavy (non-hydrogen) atoms. The molecular formula is C29H30N4O. The number of rotatable bonds is 6. The second kappa shape index (κ2) is 9.07. The van der Waals surface area contributed by atoms with Gasteiger partial charge in [-0.1, -0.05) is 54.6 Å². The predicted octanol–water partition coefficient (Wildman–Crippen LogP) is 4.52. The summed E-state index contributed by atoms with van der Waals surface area (Å²) in [6.45, 7) is 2.99. The van der Waals surface area contributed by atoms with Crippen LogP contribution in [0, 0.1) is 5.92 Å². The minimum atomic E-state index is 0.0398. The highest BCUT2D eigenvalue weighted by Crippen LogP contribution is 2.34. The van der Waals surface area contributed by atoms with Gasteiger partial charge in [0.25, 0.3) is 5.91 Å². The molecule has 5 heterocycles. The second-order valence-electron chi connectivity index (χ2n) is 9.68. The van der Waals surface area contributed by atoms with Gasteiger partial charge in [0.15, 0.2) is 0 Å². The van der Waals surface area contributed by atoms with Crippen LogP contribution >= 0.6 is 0 Å². The second-order valence-corrected chi connectivity index (χ2v) is 9.68. The van der Waals surface area contributed by atoms with Gasteiger partial charge < -0.3 is 9.88 Å². The molecule has 0 aliphatic carbocycles. The minimum absolute atomic E-state index is 0.0398. The monoisotopic (exact) mass is 450 g/mol. The normalized spacial score (nSPS) is 23.8. The number of amides is 1. The molecule has 2 aromatic heterocycles. The van der Waals surface area contributed by atoms with Gasteiger partial charge >= 0.3 is 0 Å². The van der Waals surface area contributed by atoms with Crippen molar-refractivity contribution in [1.82, 2.24) is 19.8 Å². The molecule has 2 bridgehead atoms. The molecule has 4 aromatic rings. The Labute approximate surface area is 200 Å². The Morgan fingerprint density at radius 2 is 1.71 bits per heavy atom. The number of para-hydroxylation sites is 1. The summed E-state index contributed by atoms with van der Waals surface area (Å²) in [6.07, 6.45) is 9.05. The number of piperidine rings is 3. The Morgan fingerprint density at radius 1 is 0.941 bits per heavy atom. The van der Waals surface area contributed by atoms with E-state index in [1.54, 1.807) is 0 Å². The third-order valence-corrected chi connectivity index (χ3v) is 7.66. The minimum Gasteiger partial charge on any atom is -0.347 e. The van der Waals surface area contributed by atoms with Crippen molar-refractivity contribution in [2.75, 3.05) is 13.1 Å². The maximum atomic E-state index is 13.7. The number of aromatic nitrogens is 2. The van der Waals surface area contributed by atoms with Crippen LogP contribution < -0.4 is 5.32 Å². The molecule has 5 heteroatoms. The molecule has 3 saturated heterocycles. The van der Waals surface area contributed by atoms with Gasteiger partial charge in [-0.2, -0.15) is 0 Å². The number of nitrogens with zero attached hydrogens (tertiary/aromatic N) is 3. The Bertz CT molecular complexity index is 1280. The summed E-state index contributed by atoms with van der Waals surface area (Å²) >= 11 is 0. The van der Waals surface area contributed by atoms with Crippen LogP contribution in [0.25, 0.3) is 10.9 Å². The third kappa shape index (κ3) is 4.01. The maximum absolute atomic E-state index is 13.7. The Kier molecular flexibility index (Phi) is 5.63. The molecule has 7 rings (SSSR count). The van der Waals surface area contributed by atoms with Crippen LogP contribution in [0.15, 0.2) is 85.3 Å². The molecular weight excluding hydrogens is 420 g/mol. The van der Waals surface area contributed by atoms with Crippen molar-refractivity contribution in [3.63, 3.8) is 0 Å². The van der Waals surface area contributed by atoms with Gasteiger partial charge in [0, 0.05) is 48.1 Å². The van der Waals surface area contributed by atoms with E-state index < -0.39 is 0 Å². The smallest absolute Gasteiger partial charge is 0.253 e. The molecule has 0 spiro atoms. The van der Waals surface area contributed by atoms with Crippen molar-refractivity contribution in [3.8, 4) is 0 Å². The molecule has 2 atom stereocenters. The fourth-order valence-corrected chi connectivity index (χ4v) is 5.95. The number of pyridine rings is 1. The van der Waals surface area contributed by atoms with E-state index in [0.717, 1.165) is 55.4 Å². The van der Waals surface area contributed by atoms with Gasteiger partial charge in [-0.25, -0.2) is 0 Å². The summed E-state index contributed by atoms with van der Waals surface area (Å²) in [4.78, 5) is 20.6. The Hall–Kier alpha value is -3.44. The SMILES string of the molecule is O=C(NC1C2CCN(CC2)C1Cc1cccnc1)c1cn(Cc2ccccc2)c2ccccc12. The third-order valence-electron chi connectivity index (χ3n) is 7.66. The maximum Gasteiger partial charge on any atom is 0.253 e. The zero-order chi connectivity index (χ0) is 22.9. The Balaban J connectivity index is 1.28. The van der Waals surface area contributed by atoms with Crippen molar-refractivity contribution in [2.45, 2.75) is 37.9 Å². The number of hydrogen-bond donors (Lipinski definition) is 1. The summed E-state index contributed by atoms with van der Waals surface area (Å²) in [5.74, 6) is 0.575. The molecule has 172 valence electrons. The lowest BCUT2D eigenvalue weighted by Gasteiger charge is -2.51. The van der Waals surface area contributed by atoms with Crippen LogP contribution in [-0.2, 0) is 13.0 Å². The highest BCUT2D eigenvalue weighted by molar-refractivity contribution is 6.07. The van der Waals surface area contributed by atoms with E-state index in [9.17, 15) is 4.79 Å². The van der Waals surface area contributed by atoms with E-state index in [1.165, 1.54) is 11.1 Å². The molecule has 3 aliphatic heterocycles. The van der Waals surface area contributed by atoms with Crippen molar-refractivity contribution < 1.29 is 4.79 Å². The lowest BCUT2D eigenvalue weighted by molar-refractivity contribution is 0.0136. The van der Waals surface area contributed by atoms with Crippen molar-refractivity contribution in [2.24, 2.45) is 5.92 Å². The summed E-state index contributed by atoms with van der Waals surface area (Å²) in [5, 5.41) is 4.51. The topological polar surface area (TPSA) is 50.2 Å². The molecule has 3 fully saturated rings. The van der Waals surface area contributed by atoms with Gasteiger partial charge in [0.1, 0.15) is 0 Å². The molecule has 2 aromatic carbocycles. The van der Waals surface area contributed by atoms with Gasteiger partial charge in [0.2, 0.25) is 0 Å². The van der Waals surface area contributed by atoms with Crippen molar-refractivity contribution in [3.05, 3.63) is 102 Å². The summed E-state index contributed by atoms with van der Waals surface area (Å²) in [5.41, 5.74) is 4.32. The lowest BCUT2D eigenvalue weighted by Crippen LogP contribution is -2.64. The zero-order valence-corrected chi connectivity index (χ0v) is 19.3. The highest BCUT2D eigenvalue weighted by atomic mass is 16.1. The van der Waals surface area contributed by atoms with Crippen molar-refractivity contribution in [1.29, 1.82) is 0 Å². The average Bonchev–Trinajstić information content (AvgIpc) is 3.26. The molecule has 1 N–H and O–H groups in total. The zero-order valence-electron chi connectivity index (χ0n) is 19.3.